The van der Waals surface area contributed by atoms with Crippen LogP contribution in [0.3, 0.4) is 0 Å². The van der Waals surface area contributed by atoms with Crippen molar-refractivity contribution in [2.45, 2.75) is 6.04 Å². The van der Waals surface area contributed by atoms with Gasteiger partial charge >= 0.3 is 0 Å². The van der Waals surface area contributed by atoms with E-state index in [0.29, 0.717) is 0 Å². The van der Waals surface area contributed by atoms with Crippen molar-refractivity contribution in [2.75, 3.05) is 0 Å². The Balaban J connectivity index is 2.38. The Morgan fingerprint density at radius 1 is 1.36 bits per heavy atom. The van der Waals surface area contributed by atoms with Gasteiger partial charge in [0, 0.05) is 32.7 Å². The second-order valence-corrected chi connectivity index (χ2v) is 3.25. The first kappa shape index (κ1) is 8.96. The lowest BCUT2D eigenvalue weighted by Gasteiger charge is -2.11. The topological polar surface area (TPSA) is 61.7 Å². The summed E-state index contributed by atoms with van der Waals surface area (Å²) in [4.78, 5) is 4.21. The lowest BCUT2D eigenvalue weighted by molar-refractivity contribution is 0.632. The Kier molecular flexibility index (Phi) is 2.09. The van der Waals surface area contributed by atoms with Gasteiger partial charge in [-0.2, -0.15) is 5.10 Å². The van der Waals surface area contributed by atoms with Crippen molar-refractivity contribution in [1.29, 1.82) is 0 Å². The van der Waals surface area contributed by atoms with Gasteiger partial charge in [0.05, 0.1) is 5.69 Å². The van der Waals surface area contributed by atoms with Crippen LogP contribution in [0.4, 0.5) is 0 Å². The molecule has 5 nitrogen and oxygen atoms in total. The molecule has 5 heteroatoms. The van der Waals surface area contributed by atoms with Gasteiger partial charge in [0.25, 0.3) is 0 Å². The second kappa shape index (κ2) is 3.26. The van der Waals surface area contributed by atoms with E-state index in [0.717, 1.165) is 11.5 Å². The molecule has 0 aliphatic carbocycles. The van der Waals surface area contributed by atoms with Crippen molar-refractivity contribution >= 4 is 0 Å². The van der Waals surface area contributed by atoms with Crippen molar-refractivity contribution in [3.8, 4) is 0 Å². The van der Waals surface area contributed by atoms with E-state index < -0.39 is 0 Å². The summed E-state index contributed by atoms with van der Waals surface area (Å²) in [6.07, 6.45) is 5.36. The Morgan fingerprint density at radius 3 is 2.64 bits per heavy atom. The first-order valence-electron chi connectivity index (χ1n) is 4.41. The van der Waals surface area contributed by atoms with Crippen LogP contribution in [0.5, 0.6) is 0 Å². The molecule has 0 saturated heterocycles. The molecule has 0 bridgehead atoms. The molecule has 0 fully saturated rings. The minimum atomic E-state index is -0.220. The number of aryl methyl sites for hydroxylation is 2. The van der Waals surface area contributed by atoms with Gasteiger partial charge in [-0.1, -0.05) is 0 Å². The van der Waals surface area contributed by atoms with Crippen LogP contribution in [-0.4, -0.2) is 19.3 Å². The molecule has 2 N–H and O–H groups in total. The highest BCUT2D eigenvalue weighted by molar-refractivity contribution is 5.16. The van der Waals surface area contributed by atoms with E-state index in [1.165, 1.54) is 0 Å². The van der Waals surface area contributed by atoms with E-state index in [1.807, 2.05) is 30.9 Å². The Hall–Kier alpha value is -1.62. The van der Waals surface area contributed by atoms with Crippen LogP contribution in [0.15, 0.2) is 24.7 Å². The molecule has 2 heterocycles. The SMILES string of the molecule is Cn1ccnc1C(N)c1ccnn1C. The van der Waals surface area contributed by atoms with Gasteiger partial charge in [-0.25, -0.2) is 4.98 Å². The summed E-state index contributed by atoms with van der Waals surface area (Å²) < 4.78 is 3.68. The zero-order valence-electron chi connectivity index (χ0n) is 8.25. The number of nitrogens with two attached hydrogens (primary N) is 1. The first-order valence-corrected chi connectivity index (χ1v) is 4.41. The van der Waals surface area contributed by atoms with Gasteiger partial charge < -0.3 is 10.3 Å². The number of aromatic nitrogens is 4. The summed E-state index contributed by atoms with van der Waals surface area (Å²) in [6, 6.07) is 1.68. The third kappa shape index (κ3) is 1.31. The number of rotatable bonds is 2. The van der Waals surface area contributed by atoms with Crippen LogP contribution in [0, 0.1) is 0 Å². The maximum Gasteiger partial charge on any atom is 0.131 e. The minimum absolute atomic E-state index is 0.220. The van der Waals surface area contributed by atoms with E-state index in [9.17, 15) is 0 Å². The first-order chi connectivity index (χ1) is 6.70. The van der Waals surface area contributed by atoms with Crippen molar-refractivity contribution in [2.24, 2.45) is 19.8 Å². The molecule has 0 spiro atoms. The zero-order valence-corrected chi connectivity index (χ0v) is 8.25. The summed E-state index contributed by atoms with van der Waals surface area (Å²) in [5.41, 5.74) is 7.02. The lowest BCUT2D eigenvalue weighted by Crippen LogP contribution is -2.19. The molecule has 2 aromatic rings. The van der Waals surface area contributed by atoms with Crippen molar-refractivity contribution in [3.63, 3.8) is 0 Å². The maximum absolute atomic E-state index is 6.06. The molecule has 0 aliphatic heterocycles. The van der Waals surface area contributed by atoms with Crippen LogP contribution in [0.25, 0.3) is 0 Å². The van der Waals surface area contributed by atoms with Crippen LogP contribution >= 0.6 is 0 Å². The van der Waals surface area contributed by atoms with E-state index >= 15 is 0 Å². The monoisotopic (exact) mass is 191 g/mol. The normalized spacial score (nSPS) is 13.1. The predicted octanol–water partition coefficient (Wildman–Crippen LogP) is 0.202. The number of nitrogens with zero attached hydrogens (tertiary/aromatic N) is 4. The number of hydrogen-bond acceptors (Lipinski definition) is 3. The number of hydrogen-bond donors (Lipinski definition) is 1. The van der Waals surface area contributed by atoms with E-state index in [4.69, 9.17) is 5.73 Å². The molecule has 2 aromatic heterocycles. The smallest absolute Gasteiger partial charge is 0.131 e. The van der Waals surface area contributed by atoms with Crippen molar-refractivity contribution < 1.29 is 0 Å². The van der Waals surface area contributed by atoms with Gasteiger partial charge in [-0.3, -0.25) is 4.68 Å². The summed E-state index contributed by atoms with van der Waals surface area (Å²) in [5, 5.41) is 4.08. The largest absolute Gasteiger partial charge is 0.336 e. The van der Waals surface area contributed by atoms with Crippen molar-refractivity contribution in [1.82, 2.24) is 19.3 Å². The molecule has 0 aromatic carbocycles. The zero-order chi connectivity index (χ0) is 10.1. The Labute approximate surface area is 82.2 Å². The van der Waals surface area contributed by atoms with Crippen LogP contribution < -0.4 is 5.73 Å². The summed E-state index contributed by atoms with van der Waals surface area (Å²) in [7, 11) is 3.80. The van der Waals surface area contributed by atoms with Crippen LogP contribution in [0.1, 0.15) is 17.6 Å². The Morgan fingerprint density at radius 2 is 2.14 bits per heavy atom. The van der Waals surface area contributed by atoms with Gasteiger partial charge in [0.2, 0.25) is 0 Å². The molecule has 0 aliphatic rings. The molecule has 2 rings (SSSR count). The van der Waals surface area contributed by atoms with Gasteiger partial charge in [0.1, 0.15) is 11.9 Å². The van der Waals surface area contributed by atoms with Gasteiger partial charge in [0.15, 0.2) is 0 Å². The minimum Gasteiger partial charge on any atom is -0.336 e. The molecular formula is C9H13N5. The Bertz CT molecular complexity index is 388. The number of imidazole rings is 1. The molecule has 1 unspecified atom stereocenters. The van der Waals surface area contributed by atoms with Gasteiger partial charge in [-0.15, -0.1) is 0 Å². The highest BCUT2D eigenvalue weighted by Gasteiger charge is 2.15. The second-order valence-electron chi connectivity index (χ2n) is 3.25. The highest BCUT2D eigenvalue weighted by atomic mass is 15.3. The fraction of sp³-hybridized carbons (Fsp3) is 0.333. The molecule has 74 valence electrons. The van der Waals surface area contributed by atoms with Crippen LogP contribution in [0.2, 0.25) is 0 Å². The fourth-order valence-corrected chi connectivity index (χ4v) is 1.50. The molecular weight excluding hydrogens is 178 g/mol. The highest BCUT2D eigenvalue weighted by Crippen LogP contribution is 2.15. The van der Waals surface area contributed by atoms with Gasteiger partial charge in [-0.05, 0) is 6.07 Å². The van der Waals surface area contributed by atoms with Crippen molar-refractivity contribution in [3.05, 3.63) is 36.2 Å². The molecule has 14 heavy (non-hydrogen) atoms. The standard InChI is InChI=1S/C9H13N5/c1-13-6-5-11-9(13)8(10)7-3-4-12-14(7)2/h3-6,8H,10H2,1-2H3. The lowest BCUT2D eigenvalue weighted by atomic mass is 10.2. The third-order valence-corrected chi connectivity index (χ3v) is 2.31. The van der Waals surface area contributed by atoms with E-state index in [-0.39, 0.29) is 6.04 Å². The maximum atomic E-state index is 6.06. The predicted molar refractivity (Wildman–Crippen MR) is 52.4 cm³/mol. The fourth-order valence-electron chi connectivity index (χ4n) is 1.50. The molecule has 0 amide bonds. The third-order valence-electron chi connectivity index (χ3n) is 2.31. The summed E-state index contributed by atoms with van der Waals surface area (Å²) >= 11 is 0. The summed E-state index contributed by atoms with van der Waals surface area (Å²) in [6.45, 7) is 0. The van der Waals surface area contributed by atoms with Crippen LogP contribution in [-0.2, 0) is 14.1 Å². The van der Waals surface area contributed by atoms with E-state index in [1.54, 1.807) is 17.1 Å². The molecule has 0 saturated carbocycles. The summed E-state index contributed by atoms with van der Waals surface area (Å²) in [5.74, 6) is 0.841. The average molecular weight is 191 g/mol. The average Bonchev–Trinajstić information content (AvgIpc) is 2.73. The molecule has 0 radical (unpaired) electrons. The quantitative estimate of drug-likeness (QED) is 0.737. The molecule has 1 atom stereocenters. The van der Waals surface area contributed by atoms with E-state index in [2.05, 4.69) is 10.1 Å².